The fourth-order valence-electron chi connectivity index (χ4n) is 7.78. The molecule has 0 saturated heterocycles. The second-order valence-electron chi connectivity index (χ2n) is 13.8. The first-order valence-corrected chi connectivity index (χ1v) is 18.7. The Hall–Kier alpha value is -7.36. The minimum absolute atomic E-state index is 0.918. The van der Waals surface area contributed by atoms with E-state index >= 15 is 0 Å². The zero-order valence-electron chi connectivity index (χ0n) is 30.0. The second-order valence-corrected chi connectivity index (χ2v) is 13.8. The van der Waals surface area contributed by atoms with E-state index in [1.54, 1.807) is 0 Å². The van der Waals surface area contributed by atoms with Gasteiger partial charge in [0, 0.05) is 49.9 Å². The highest BCUT2D eigenvalue weighted by atomic mass is 15.1. The van der Waals surface area contributed by atoms with Crippen molar-refractivity contribution < 1.29 is 0 Å². The van der Waals surface area contributed by atoms with Crippen molar-refractivity contribution in [2.24, 2.45) is 0 Å². The van der Waals surface area contributed by atoms with E-state index in [1.165, 1.54) is 16.2 Å². The summed E-state index contributed by atoms with van der Waals surface area (Å²) in [7, 11) is 0. The zero-order valence-corrected chi connectivity index (χ0v) is 30.0. The molecule has 3 heteroatoms. The average Bonchev–Trinajstić information content (AvgIpc) is 3.27. The molecule has 2 heterocycles. The average molecular weight is 702 g/mol. The van der Waals surface area contributed by atoms with Crippen molar-refractivity contribution in [3.63, 3.8) is 0 Å². The normalized spacial score (nSPS) is 11.3. The maximum atomic E-state index is 5.53. The molecule has 0 radical (unpaired) electrons. The fourth-order valence-corrected chi connectivity index (χ4v) is 7.78. The zero-order chi connectivity index (χ0) is 36.6. The van der Waals surface area contributed by atoms with Crippen LogP contribution >= 0.6 is 0 Å². The summed E-state index contributed by atoms with van der Waals surface area (Å²) in [4.78, 5) is 13.1. The monoisotopic (exact) mass is 701 g/mol. The molecule has 55 heavy (non-hydrogen) atoms. The molecular weight excluding hydrogens is 667 g/mol. The lowest BCUT2D eigenvalue weighted by atomic mass is 9.94. The number of nitrogens with zero attached hydrogens (tertiary/aromatic N) is 3. The summed E-state index contributed by atoms with van der Waals surface area (Å²) in [5.41, 5.74) is 12.4. The Kier molecular flexibility index (Phi) is 8.16. The summed E-state index contributed by atoms with van der Waals surface area (Å²) in [6.45, 7) is 0. The van der Waals surface area contributed by atoms with Crippen molar-refractivity contribution in [1.82, 2.24) is 9.97 Å². The van der Waals surface area contributed by atoms with Gasteiger partial charge in [-0.15, -0.1) is 0 Å². The maximum absolute atomic E-state index is 5.53. The number of fused-ring (bicyclic) bond motifs is 5. The van der Waals surface area contributed by atoms with Crippen LogP contribution in [0.2, 0.25) is 0 Å². The number of pyridine rings is 2. The van der Waals surface area contributed by atoms with E-state index in [4.69, 9.17) is 9.97 Å². The van der Waals surface area contributed by atoms with Crippen LogP contribution in [0.25, 0.3) is 77.3 Å². The van der Waals surface area contributed by atoms with Crippen LogP contribution in [0.15, 0.2) is 212 Å². The Balaban J connectivity index is 1.19. The van der Waals surface area contributed by atoms with E-state index in [2.05, 4.69) is 211 Å². The number of para-hydroxylation sites is 2. The van der Waals surface area contributed by atoms with E-state index in [0.29, 0.717) is 0 Å². The van der Waals surface area contributed by atoms with Crippen LogP contribution in [-0.4, -0.2) is 9.97 Å². The van der Waals surface area contributed by atoms with Gasteiger partial charge in [-0.3, -0.25) is 0 Å². The van der Waals surface area contributed by atoms with E-state index in [9.17, 15) is 0 Å². The van der Waals surface area contributed by atoms with Crippen molar-refractivity contribution in [3.8, 4) is 44.9 Å². The summed E-state index contributed by atoms with van der Waals surface area (Å²) in [6, 6.07) is 75.0. The van der Waals surface area contributed by atoms with Crippen molar-refractivity contribution >= 4 is 49.5 Å². The van der Waals surface area contributed by atoms with Crippen LogP contribution in [-0.2, 0) is 0 Å². The van der Waals surface area contributed by atoms with Crippen LogP contribution in [0.5, 0.6) is 0 Å². The molecule has 10 aromatic rings. The largest absolute Gasteiger partial charge is 0.310 e. The summed E-state index contributed by atoms with van der Waals surface area (Å²) < 4.78 is 0. The molecule has 0 saturated carbocycles. The number of anilines is 3. The molecular formula is C52H35N3. The van der Waals surface area contributed by atoms with E-state index in [1.807, 2.05) is 6.07 Å². The molecule has 0 atom stereocenters. The summed E-state index contributed by atoms with van der Waals surface area (Å²) >= 11 is 0. The van der Waals surface area contributed by atoms with Crippen LogP contribution in [0.4, 0.5) is 17.1 Å². The first-order valence-electron chi connectivity index (χ1n) is 18.7. The lowest BCUT2D eigenvalue weighted by Crippen LogP contribution is -2.09. The van der Waals surface area contributed by atoms with Gasteiger partial charge in [-0.1, -0.05) is 158 Å². The molecule has 0 fully saturated rings. The Bertz CT molecular complexity index is 2860. The third-order valence-corrected chi connectivity index (χ3v) is 10.4. The minimum Gasteiger partial charge on any atom is -0.310 e. The molecule has 8 aromatic carbocycles. The smallest absolute Gasteiger partial charge is 0.0788 e. The SMILES string of the molecule is c1ccc(-c2cc(-c3ccccc3)nc(-c3cccc(-c4nc5cc(N(c6ccccc6)c6ccccc6)ccc5c5c4ccc4ccccc45)c3)c2)cc1. The van der Waals surface area contributed by atoms with Gasteiger partial charge in [0.1, 0.15) is 0 Å². The van der Waals surface area contributed by atoms with Gasteiger partial charge in [0.2, 0.25) is 0 Å². The van der Waals surface area contributed by atoms with Gasteiger partial charge in [-0.2, -0.15) is 0 Å². The minimum atomic E-state index is 0.918. The van der Waals surface area contributed by atoms with Gasteiger partial charge in [-0.05, 0) is 76.5 Å². The molecule has 0 aliphatic rings. The molecule has 0 N–H and O–H groups in total. The third kappa shape index (κ3) is 6.08. The molecule has 258 valence electrons. The highest BCUT2D eigenvalue weighted by molar-refractivity contribution is 6.22. The first kappa shape index (κ1) is 32.3. The molecule has 3 nitrogen and oxygen atoms in total. The highest BCUT2D eigenvalue weighted by Crippen LogP contribution is 2.41. The summed E-state index contributed by atoms with van der Waals surface area (Å²) in [5, 5.41) is 5.87. The summed E-state index contributed by atoms with van der Waals surface area (Å²) in [5.74, 6) is 0. The van der Waals surface area contributed by atoms with Crippen molar-refractivity contribution in [1.29, 1.82) is 0 Å². The molecule has 0 aliphatic heterocycles. The van der Waals surface area contributed by atoms with Crippen LogP contribution in [0.3, 0.4) is 0 Å². The van der Waals surface area contributed by atoms with E-state index in [0.717, 1.165) is 78.3 Å². The fraction of sp³-hybridized carbons (Fsp3) is 0. The number of benzene rings is 8. The number of hydrogen-bond donors (Lipinski definition) is 0. The molecule has 0 aliphatic carbocycles. The molecule has 0 spiro atoms. The van der Waals surface area contributed by atoms with Crippen LogP contribution < -0.4 is 4.90 Å². The lowest BCUT2D eigenvalue weighted by Gasteiger charge is -2.26. The van der Waals surface area contributed by atoms with E-state index < -0.39 is 0 Å². The first-order chi connectivity index (χ1) is 27.3. The van der Waals surface area contributed by atoms with Gasteiger partial charge >= 0.3 is 0 Å². The van der Waals surface area contributed by atoms with Gasteiger partial charge < -0.3 is 4.90 Å². The number of rotatable bonds is 7. The second kappa shape index (κ2) is 13.9. The molecule has 2 aromatic heterocycles. The van der Waals surface area contributed by atoms with Gasteiger partial charge in [0.05, 0.1) is 22.6 Å². The predicted molar refractivity (Wildman–Crippen MR) is 231 cm³/mol. The van der Waals surface area contributed by atoms with Gasteiger partial charge in [-0.25, -0.2) is 9.97 Å². The highest BCUT2D eigenvalue weighted by Gasteiger charge is 2.18. The quantitative estimate of drug-likeness (QED) is 0.155. The Morgan fingerprint density at radius 2 is 0.873 bits per heavy atom. The van der Waals surface area contributed by atoms with Gasteiger partial charge in [0.25, 0.3) is 0 Å². The van der Waals surface area contributed by atoms with Crippen LogP contribution in [0.1, 0.15) is 0 Å². The standard InChI is InChI=1S/C52H35N3/c1-5-16-36(17-6-1)41-33-48(38-19-7-2-8-20-38)53-49(34-41)39-21-15-22-40(32-39)52-47-30-28-37-18-13-14-27-45(37)51(47)46-31-29-44(35-50(46)54-52)55(42-23-9-3-10-24-42)43-25-11-4-12-26-43/h1-35H. The number of hydrogen-bond acceptors (Lipinski definition) is 3. The van der Waals surface area contributed by atoms with Gasteiger partial charge in [0.15, 0.2) is 0 Å². The molecule has 0 bridgehead atoms. The topological polar surface area (TPSA) is 29.0 Å². The number of aromatic nitrogens is 2. The van der Waals surface area contributed by atoms with E-state index in [-0.39, 0.29) is 0 Å². The summed E-state index contributed by atoms with van der Waals surface area (Å²) in [6.07, 6.45) is 0. The lowest BCUT2D eigenvalue weighted by molar-refractivity contribution is 1.28. The maximum Gasteiger partial charge on any atom is 0.0788 e. The van der Waals surface area contributed by atoms with Crippen molar-refractivity contribution in [3.05, 3.63) is 212 Å². The molecule has 0 unspecified atom stereocenters. The Labute approximate surface area is 320 Å². The van der Waals surface area contributed by atoms with Crippen LogP contribution in [0, 0.1) is 0 Å². The van der Waals surface area contributed by atoms with Crippen molar-refractivity contribution in [2.75, 3.05) is 4.90 Å². The third-order valence-electron chi connectivity index (χ3n) is 10.4. The Morgan fingerprint density at radius 3 is 1.58 bits per heavy atom. The predicted octanol–water partition coefficient (Wildman–Crippen LogP) is 14.1. The molecule has 0 amide bonds. The Morgan fingerprint density at radius 1 is 0.309 bits per heavy atom. The van der Waals surface area contributed by atoms with Crippen molar-refractivity contribution in [2.45, 2.75) is 0 Å². The molecule has 10 rings (SSSR count).